The molecule has 6 rings (SSSR count). The maximum absolute atomic E-state index is 11.3. The molecule has 192 valence electrons. The van der Waals surface area contributed by atoms with Crippen LogP contribution in [0.15, 0.2) is 78.4 Å². The largest absolute Gasteiger partial charge is 0.358 e. The zero-order valence-electron chi connectivity index (χ0n) is 20.7. The summed E-state index contributed by atoms with van der Waals surface area (Å²) in [4.78, 5) is 31.5. The number of fused-ring (bicyclic) bond motifs is 2. The van der Waals surface area contributed by atoms with Crippen LogP contribution in [0, 0.1) is 10.1 Å². The lowest BCUT2D eigenvalue weighted by molar-refractivity contribution is -0.465. The van der Waals surface area contributed by atoms with Crippen molar-refractivity contribution < 1.29 is 9.86 Å². The van der Waals surface area contributed by atoms with E-state index < -0.39 is 4.92 Å². The fourth-order valence-electron chi connectivity index (χ4n) is 4.01. The molecular formula is C24H23N11O3. The smallest absolute Gasteiger partial charge is 0.355 e. The number of nitrogens with zero attached hydrogens (tertiary/aromatic N) is 9. The van der Waals surface area contributed by atoms with Gasteiger partial charge >= 0.3 is 5.82 Å². The molecular weight excluding hydrogens is 490 g/mol. The molecule has 6 heterocycles. The fourth-order valence-corrected chi connectivity index (χ4v) is 4.01. The van der Waals surface area contributed by atoms with Crippen molar-refractivity contribution in [2.24, 2.45) is 0 Å². The van der Waals surface area contributed by atoms with Crippen molar-refractivity contribution in [2.75, 3.05) is 5.32 Å². The highest BCUT2D eigenvalue weighted by atomic mass is 16.8. The van der Waals surface area contributed by atoms with E-state index in [-0.39, 0.29) is 11.2 Å². The van der Waals surface area contributed by atoms with Gasteiger partial charge in [-0.15, -0.1) is 10.2 Å². The van der Waals surface area contributed by atoms with Crippen LogP contribution in [-0.2, 0) is 16.9 Å². The lowest BCUT2D eigenvalue weighted by Gasteiger charge is -2.19. The number of hydrogen-bond donors (Lipinski definition) is 2. The van der Waals surface area contributed by atoms with Gasteiger partial charge in [0, 0.05) is 35.6 Å². The van der Waals surface area contributed by atoms with E-state index in [1.165, 1.54) is 12.3 Å². The Hall–Kier alpha value is -5.11. The molecule has 0 spiro atoms. The van der Waals surface area contributed by atoms with E-state index in [2.05, 4.69) is 41.7 Å². The van der Waals surface area contributed by atoms with E-state index in [4.69, 9.17) is 20.0 Å². The van der Waals surface area contributed by atoms with E-state index in [0.717, 1.165) is 10.6 Å². The highest BCUT2D eigenvalue weighted by Gasteiger charge is 2.37. The number of anilines is 1. The first-order valence-corrected chi connectivity index (χ1v) is 11.7. The van der Waals surface area contributed by atoms with Gasteiger partial charge in [0.25, 0.3) is 0 Å². The van der Waals surface area contributed by atoms with Crippen LogP contribution in [0.2, 0.25) is 0 Å². The highest BCUT2D eigenvalue weighted by molar-refractivity contribution is 5.77. The first kappa shape index (κ1) is 23.3. The second-order valence-corrected chi connectivity index (χ2v) is 9.65. The number of hydrogen-bond acceptors (Lipinski definition) is 11. The van der Waals surface area contributed by atoms with Crippen LogP contribution in [0.5, 0.6) is 0 Å². The van der Waals surface area contributed by atoms with Gasteiger partial charge in [0.2, 0.25) is 11.3 Å². The summed E-state index contributed by atoms with van der Waals surface area (Å²) in [5.74, 6) is 1.65. The van der Waals surface area contributed by atoms with Crippen molar-refractivity contribution in [1.29, 1.82) is 0 Å². The zero-order chi connectivity index (χ0) is 26.4. The third-order valence-electron chi connectivity index (χ3n) is 5.88. The Kier molecular flexibility index (Phi) is 5.38. The summed E-state index contributed by atoms with van der Waals surface area (Å²) < 4.78 is 1.90. The molecule has 0 aliphatic carbocycles. The topological polar surface area (TPSA) is 154 Å². The van der Waals surface area contributed by atoms with Crippen molar-refractivity contribution >= 4 is 17.0 Å². The van der Waals surface area contributed by atoms with Gasteiger partial charge < -0.3 is 20.0 Å². The Morgan fingerprint density at radius 1 is 1.13 bits per heavy atom. The van der Waals surface area contributed by atoms with E-state index >= 15 is 0 Å². The molecule has 38 heavy (non-hydrogen) atoms. The maximum Gasteiger partial charge on any atom is 0.355 e. The lowest BCUT2D eigenvalue weighted by Crippen LogP contribution is -2.29. The van der Waals surface area contributed by atoms with Crippen molar-refractivity contribution in [2.45, 2.75) is 32.7 Å². The van der Waals surface area contributed by atoms with E-state index in [0.29, 0.717) is 46.6 Å². The highest BCUT2D eigenvalue weighted by Crippen LogP contribution is 2.30. The fraction of sp³-hybridized carbons (Fsp3) is 0.208. The van der Waals surface area contributed by atoms with Crippen molar-refractivity contribution in [3.63, 3.8) is 0 Å². The quantitative estimate of drug-likeness (QED) is 0.289. The Labute approximate surface area is 216 Å². The van der Waals surface area contributed by atoms with Crippen molar-refractivity contribution in [3.05, 3.63) is 99.9 Å². The molecule has 2 aliphatic heterocycles. The maximum atomic E-state index is 11.3. The van der Waals surface area contributed by atoms with Gasteiger partial charge in [-0.1, -0.05) is 31.8 Å². The zero-order valence-corrected chi connectivity index (χ0v) is 20.7. The summed E-state index contributed by atoms with van der Waals surface area (Å²) in [6.07, 6.45) is 9.95. The van der Waals surface area contributed by atoms with Crippen LogP contribution in [-0.4, -0.2) is 44.5 Å². The second-order valence-electron chi connectivity index (χ2n) is 9.65. The van der Waals surface area contributed by atoms with Gasteiger partial charge in [-0.05, 0) is 34.3 Å². The molecule has 2 aliphatic rings. The molecule has 0 fully saturated rings. The number of aromatic nitrogens is 7. The van der Waals surface area contributed by atoms with Gasteiger partial charge in [0.1, 0.15) is 11.6 Å². The van der Waals surface area contributed by atoms with Crippen LogP contribution < -0.4 is 10.8 Å². The number of allylic oxidation sites excluding steroid dienone is 2. The molecule has 0 bridgehead atoms. The predicted octanol–water partition coefficient (Wildman–Crippen LogP) is 2.77. The molecule has 0 saturated carbocycles. The summed E-state index contributed by atoms with van der Waals surface area (Å²) in [7, 11) is 0. The molecule has 14 heteroatoms. The number of nitrogens with one attached hydrogen (secondary N) is 2. The van der Waals surface area contributed by atoms with E-state index in [1.54, 1.807) is 17.1 Å². The SMILES string of the molecule is CC(C)(C)c1nc(-n2cccc2)c2nn(Cc3cccnc3NC3=CC=C([N+](=O)[O-])N4ONC=C34)nc2n1. The second kappa shape index (κ2) is 8.77. The molecule has 0 radical (unpaired) electrons. The standard InChI is InChI=1S/C24H23N11O3/c1-24(2,3)23-28-21-19(22(29-23)32-11-4-5-12-32)30-33(31-21)14-15-7-6-10-25-20(15)27-16-8-9-18(35(36)37)34-17(16)13-26-38-34/h4-13,26H,14H2,1-3H3,(H,25,27). The molecule has 14 nitrogen and oxygen atoms in total. The van der Waals surface area contributed by atoms with Crippen molar-refractivity contribution in [3.8, 4) is 5.82 Å². The summed E-state index contributed by atoms with van der Waals surface area (Å²) in [6.45, 7) is 6.45. The first-order valence-electron chi connectivity index (χ1n) is 11.7. The summed E-state index contributed by atoms with van der Waals surface area (Å²) in [6, 6.07) is 7.57. The van der Waals surface area contributed by atoms with Gasteiger partial charge in [0.15, 0.2) is 11.3 Å². The predicted molar refractivity (Wildman–Crippen MR) is 135 cm³/mol. The normalized spacial score (nSPS) is 15.0. The molecule has 4 aromatic rings. The molecule has 4 aromatic heterocycles. The Balaban J connectivity index is 1.35. The molecule has 0 aromatic carbocycles. The van der Waals surface area contributed by atoms with Gasteiger partial charge in [-0.25, -0.2) is 20.4 Å². The number of hydroxylamine groups is 3. The van der Waals surface area contributed by atoms with E-state index in [1.807, 2.05) is 41.2 Å². The molecule has 0 saturated heterocycles. The summed E-state index contributed by atoms with van der Waals surface area (Å²) in [5.41, 5.74) is 5.14. The van der Waals surface area contributed by atoms with Crippen LogP contribution in [0.3, 0.4) is 0 Å². The third kappa shape index (κ3) is 4.12. The minimum atomic E-state index is -0.523. The Morgan fingerprint density at radius 3 is 2.71 bits per heavy atom. The molecule has 0 amide bonds. The number of rotatable bonds is 6. The molecule has 2 N–H and O–H groups in total. The third-order valence-corrected chi connectivity index (χ3v) is 5.88. The van der Waals surface area contributed by atoms with Gasteiger partial charge in [-0.2, -0.15) is 4.80 Å². The minimum absolute atomic E-state index is 0.213. The monoisotopic (exact) mass is 513 g/mol. The van der Waals surface area contributed by atoms with Crippen LogP contribution in [0.1, 0.15) is 32.2 Å². The summed E-state index contributed by atoms with van der Waals surface area (Å²) >= 11 is 0. The summed E-state index contributed by atoms with van der Waals surface area (Å²) in [5, 5.41) is 25.1. The Bertz CT molecular complexity index is 1640. The molecule has 0 unspecified atom stereocenters. The van der Waals surface area contributed by atoms with Crippen molar-refractivity contribution in [1.82, 2.24) is 45.1 Å². The number of pyridine rings is 1. The van der Waals surface area contributed by atoms with Crippen LogP contribution in [0.25, 0.3) is 17.0 Å². The lowest BCUT2D eigenvalue weighted by atomic mass is 9.96. The first-order chi connectivity index (χ1) is 18.3. The van der Waals surface area contributed by atoms with E-state index in [9.17, 15) is 10.1 Å². The Morgan fingerprint density at radius 2 is 1.95 bits per heavy atom. The van der Waals surface area contributed by atoms with Crippen LogP contribution in [0.4, 0.5) is 5.82 Å². The van der Waals surface area contributed by atoms with Gasteiger partial charge in [0.05, 0.1) is 18.4 Å². The number of nitro groups is 1. The minimum Gasteiger partial charge on any atom is -0.358 e. The van der Waals surface area contributed by atoms with Gasteiger partial charge in [-0.3, -0.25) is 0 Å². The molecule has 0 atom stereocenters. The average Bonchev–Trinajstić information content (AvgIpc) is 3.64. The average molecular weight is 514 g/mol. The van der Waals surface area contributed by atoms with Crippen LogP contribution >= 0.6 is 0 Å².